The minimum absolute atomic E-state index is 0.173. The van der Waals surface area contributed by atoms with Crippen LogP contribution in [-0.2, 0) is 27.4 Å². The molecule has 12 nitrogen and oxygen atoms in total. The number of rotatable bonds is 16. The second kappa shape index (κ2) is 18.0. The maximum atomic E-state index is 12.7. The summed E-state index contributed by atoms with van der Waals surface area (Å²) in [6.45, 7) is 9.41. The van der Waals surface area contributed by atoms with Crippen LogP contribution in [0.15, 0.2) is 77.6 Å². The Balaban J connectivity index is 1.43. The second-order valence-corrected chi connectivity index (χ2v) is 11.6. The number of amides is 3. The molecule has 0 aromatic heterocycles. The lowest BCUT2D eigenvalue weighted by Gasteiger charge is -2.28. The predicted molar refractivity (Wildman–Crippen MR) is 190 cm³/mol. The number of nitrogens with one attached hydrogen (secondary N) is 3. The number of hydrogen-bond acceptors (Lipinski definition) is 9. The Labute approximate surface area is 300 Å². The van der Waals surface area contributed by atoms with Crippen LogP contribution < -0.4 is 35.0 Å². The summed E-state index contributed by atoms with van der Waals surface area (Å²) < 4.78 is 28.4. The Morgan fingerprint density at radius 2 is 1.78 bits per heavy atom. The maximum absolute atomic E-state index is 12.7. The number of halogens is 2. The molecule has 0 aliphatic carbocycles. The van der Waals surface area contributed by atoms with Crippen molar-refractivity contribution in [3.05, 3.63) is 105 Å². The van der Waals surface area contributed by atoms with Crippen LogP contribution in [0.25, 0.3) is 0 Å². The van der Waals surface area contributed by atoms with Gasteiger partial charge in [-0.1, -0.05) is 41.4 Å². The van der Waals surface area contributed by atoms with Crippen molar-refractivity contribution in [3.8, 4) is 23.0 Å². The first-order valence-electron chi connectivity index (χ1n) is 15.6. The highest BCUT2D eigenvalue weighted by Gasteiger charge is 2.32. The van der Waals surface area contributed by atoms with Crippen molar-refractivity contribution in [2.75, 3.05) is 26.9 Å². The molecule has 0 unspecified atom stereocenters. The lowest BCUT2D eigenvalue weighted by molar-refractivity contribution is -0.139. The second-order valence-electron chi connectivity index (χ2n) is 10.7. The van der Waals surface area contributed by atoms with E-state index in [9.17, 15) is 14.4 Å². The summed E-state index contributed by atoms with van der Waals surface area (Å²) in [5.74, 6) is 0.489. The normalized spacial score (nSPS) is 14.0. The fourth-order valence-corrected chi connectivity index (χ4v) is 5.50. The Hall–Kier alpha value is -5.20. The van der Waals surface area contributed by atoms with Crippen molar-refractivity contribution >= 4 is 47.3 Å². The monoisotopic (exact) mass is 724 g/mol. The van der Waals surface area contributed by atoms with E-state index in [-0.39, 0.29) is 36.9 Å². The molecule has 0 spiro atoms. The first-order valence-corrected chi connectivity index (χ1v) is 16.4. The van der Waals surface area contributed by atoms with Crippen LogP contribution in [-0.4, -0.2) is 51.1 Å². The molecule has 0 saturated heterocycles. The van der Waals surface area contributed by atoms with E-state index in [1.807, 2.05) is 13.0 Å². The summed E-state index contributed by atoms with van der Waals surface area (Å²) >= 11 is 12.4. The maximum Gasteiger partial charge on any atom is 0.338 e. The average Bonchev–Trinajstić information content (AvgIpc) is 3.07. The zero-order valence-corrected chi connectivity index (χ0v) is 29.6. The first kappa shape index (κ1) is 37.6. The molecule has 1 atom stereocenters. The average molecular weight is 726 g/mol. The molecule has 14 heteroatoms. The van der Waals surface area contributed by atoms with Crippen LogP contribution >= 0.6 is 23.2 Å². The van der Waals surface area contributed by atoms with E-state index in [4.69, 9.17) is 46.9 Å². The Morgan fingerprint density at radius 1 is 0.980 bits per heavy atom. The molecule has 0 radical (unpaired) electrons. The number of nitrogens with zero attached hydrogens (tertiary/aromatic N) is 1. The number of ether oxygens (including phenoxy) is 5. The van der Waals surface area contributed by atoms with Crippen molar-refractivity contribution in [2.45, 2.75) is 39.8 Å². The van der Waals surface area contributed by atoms with Gasteiger partial charge in [0.05, 0.1) is 38.2 Å². The largest absolute Gasteiger partial charge is 0.493 e. The van der Waals surface area contributed by atoms with Crippen molar-refractivity contribution < 1.29 is 38.1 Å². The van der Waals surface area contributed by atoms with Crippen LogP contribution in [0.1, 0.15) is 49.1 Å². The topological polar surface area (TPSA) is 146 Å². The van der Waals surface area contributed by atoms with Gasteiger partial charge in [0.2, 0.25) is 0 Å². The van der Waals surface area contributed by atoms with Gasteiger partial charge in [-0.25, -0.2) is 15.0 Å². The van der Waals surface area contributed by atoms with Gasteiger partial charge in [0.25, 0.3) is 5.91 Å². The zero-order valence-electron chi connectivity index (χ0n) is 28.1. The van der Waals surface area contributed by atoms with Crippen LogP contribution in [0.4, 0.5) is 4.79 Å². The lowest BCUT2D eigenvalue weighted by atomic mass is 9.95. The minimum Gasteiger partial charge on any atom is -0.493 e. The number of methoxy groups -OCH3 is 1. The number of carbonyl (C=O) groups excluding carboxylic acids is 3. The third kappa shape index (κ3) is 9.70. The first-order chi connectivity index (χ1) is 24.1. The smallest absolute Gasteiger partial charge is 0.338 e. The fraction of sp³-hybridized carbons (Fsp3) is 0.278. The number of hydrazone groups is 1. The van der Waals surface area contributed by atoms with E-state index in [1.54, 1.807) is 62.4 Å². The molecular formula is C36H38Cl2N4O8. The third-order valence-corrected chi connectivity index (χ3v) is 7.84. The molecule has 1 aliphatic rings. The van der Waals surface area contributed by atoms with E-state index in [0.29, 0.717) is 51.4 Å². The summed E-state index contributed by atoms with van der Waals surface area (Å²) in [5.41, 5.74) is 5.85. The lowest BCUT2D eigenvalue weighted by Crippen LogP contribution is -2.45. The van der Waals surface area contributed by atoms with Gasteiger partial charge in [-0.3, -0.25) is 4.79 Å². The molecule has 1 heterocycles. The SMILES string of the molecule is C=CCc1cc(/C=N\NC(=O)COc2ccc([C@@H]3NC(=O)NC(C)=C3C(=O)OCC)cc2OC)cc(OCC)c1OCc1ccc(Cl)cc1Cl. The highest BCUT2D eigenvalue weighted by Crippen LogP contribution is 2.36. The number of urea groups is 1. The molecule has 264 valence electrons. The van der Waals surface area contributed by atoms with Gasteiger partial charge >= 0.3 is 12.0 Å². The molecule has 4 rings (SSSR count). The quantitative estimate of drug-likeness (QED) is 0.0664. The number of allylic oxidation sites excluding steroid dienone is 2. The standard InChI is InChI=1S/C36H38Cl2N4O8/c1-6-9-24-14-22(15-30(47-7-2)34(24)50-19-25-10-12-26(37)17-27(25)38)18-39-42-31(43)20-49-28-13-11-23(16-29(28)46-5)33-32(35(44)48-8-3)21(4)40-36(45)41-33/h6,10-18,33H,1,7-9,19-20H2,2-5H3,(H,42,43)(H2,40,41,45)/b39-18-/t33-/m0/s1. The van der Waals surface area contributed by atoms with Gasteiger partial charge in [-0.05, 0) is 74.7 Å². The number of esters is 1. The van der Waals surface area contributed by atoms with Crippen LogP contribution in [0.5, 0.6) is 23.0 Å². The molecule has 0 bridgehead atoms. The molecule has 50 heavy (non-hydrogen) atoms. The van der Waals surface area contributed by atoms with Crippen molar-refractivity contribution in [1.29, 1.82) is 0 Å². The third-order valence-electron chi connectivity index (χ3n) is 7.25. The molecule has 3 amide bonds. The number of carbonyl (C=O) groups is 3. The van der Waals surface area contributed by atoms with E-state index in [2.05, 4.69) is 27.7 Å². The Kier molecular flexibility index (Phi) is 13.5. The minimum atomic E-state index is -0.791. The Morgan fingerprint density at radius 3 is 2.48 bits per heavy atom. The number of benzene rings is 3. The van der Waals surface area contributed by atoms with Gasteiger partial charge in [0, 0.05) is 26.9 Å². The summed E-state index contributed by atoms with van der Waals surface area (Å²) in [4.78, 5) is 37.5. The van der Waals surface area contributed by atoms with Crippen molar-refractivity contribution in [2.24, 2.45) is 5.10 Å². The van der Waals surface area contributed by atoms with Crippen LogP contribution in [0.3, 0.4) is 0 Å². The molecule has 0 fully saturated rings. The van der Waals surface area contributed by atoms with Gasteiger partial charge < -0.3 is 34.3 Å². The predicted octanol–water partition coefficient (Wildman–Crippen LogP) is 6.43. The van der Waals surface area contributed by atoms with Gasteiger partial charge in [0.1, 0.15) is 6.61 Å². The molecule has 1 aliphatic heterocycles. The fourth-order valence-electron chi connectivity index (χ4n) is 5.04. The molecule has 3 aromatic rings. The van der Waals surface area contributed by atoms with E-state index in [1.165, 1.54) is 13.3 Å². The van der Waals surface area contributed by atoms with E-state index >= 15 is 0 Å². The molecule has 3 aromatic carbocycles. The highest BCUT2D eigenvalue weighted by molar-refractivity contribution is 6.35. The van der Waals surface area contributed by atoms with Gasteiger partial charge in [0.15, 0.2) is 29.6 Å². The van der Waals surface area contributed by atoms with Gasteiger partial charge in [-0.15, -0.1) is 6.58 Å². The number of hydrogen-bond donors (Lipinski definition) is 3. The van der Waals surface area contributed by atoms with Crippen molar-refractivity contribution in [3.63, 3.8) is 0 Å². The molecular weight excluding hydrogens is 687 g/mol. The summed E-state index contributed by atoms with van der Waals surface area (Å²) in [7, 11) is 1.44. The van der Waals surface area contributed by atoms with Crippen molar-refractivity contribution in [1.82, 2.24) is 16.1 Å². The van der Waals surface area contributed by atoms with Gasteiger partial charge in [-0.2, -0.15) is 5.10 Å². The highest BCUT2D eigenvalue weighted by atomic mass is 35.5. The van der Waals surface area contributed by atoms with Crippen LogP contribution in [0, 0.1) is 0 Å². The summed E-state index contributed by atoms with van der Waals surface area (Å²) in [5, 5.41) is 10.4. The summed E-state index contributed by atoms with van der Waals surface area (Å²) in [6, 6.07) is 12.4. The Bertz CT molecular complexity index is 1810. The zero-order chi connectivity index (χ0) is 36.2. The van der Waals surface area contributed by atoms with E-state index < -0.39 is 23.9 Å². The molecule has 0 saturated carbocycles. The summed E-state index contributed by atoms with van der Waals surface area (Å²) in [6.07, 6.45) is 3.70. The van der Waals surface area contributed by atoms with E-state index in [0.717, 1.165) is 11.1 Å². The molecule has 3 N–H and O–H groups in total. The van der Waals surface area contributed by atoms with Crippen LogP contribution in [0.2, 0.25) is 10.0 Å².